The Morgan fingerprint density at radius 2 is 1.36 bits per heavy atom. The van der Waals surface area contributed by atoms with Crippen LogP contribution in [0.5, 0.6) is 0 Å². The summed E-state index contributed by atoms with van der Waals surface area (Å²) in [6, 6.07) is 7.44. The quantitative estimate of drug-likeness (QED) is 0.595. The van der Waals surface area contributed by atoms with Crippen LogP contribution in [0, 0.1) is 23.1 Å². The minimum Gasteiger partial charge on any atom is -0.385 e. The van der Waals surface area contributed by atoms with Crippen molar-refractivity contribution < 1.29 is 0 Å². The first kappa shape index (κ1) is 17.8. The second kappa shape index (κ2) is 7.07. The maximum Gasteiger partial charge on any atom is 0.378 e. The van der Waals surface area contributed by atoms with Gasteiger partial charge in [-0.2, -0.15) is 0 Å². The van der Waals surface area contributed by atoms with Gasteiger partial charge in [0.05, 0.1) is 20.7 Å². The highest BCUT2D eigenvalue weighted by Gasteiger charge is 2.31. The zero-order valence-corrected chi connectivity index (χ0v) is 16.5. The number of hydrogen-bond donors (Lipinski definition) is 0. The largest absolute Gasteiger partial charge is 0.385 e. The molecule has 0 spiro atoms. The van der Waals surface area contributed by atoms with Crippen LogP contribution in [-0.2, 0) is 0 Å². The van der Waals surface area contributed by atoms with Gasteiger partial charge in [0.15, 0.2) is 0 Å². The minimum absolute atomic E-state index is 0.570. The molecule has 25 heavy (non-hydrogen) atoms. The van der Waals surface area contributed by atoms with Gasteiger partial charge >= 0.3 is 7.12 Å². The molecule has 1 radical (unpaired) electrons. The van der Waals surface area contributed by atoms with Crippen molar-refractivity contribution >= 4 is 54.5 Å². The first-order valence-corrected chi connectivity index (χ1v) is 8.96. The Hall–Kier alpha value is -2.04. The molecule has 0 unspecified atom stereocenters. The molecule has 0 amide bonds. The molecule has 3 heterocycles. The van der Waals surface area contributed by atoms with Crippen molar-refractivity contribution in [1.29, 1.82) is 0 Å². The molecule has 0 N–H and O–H groups in total. The second-order valence-corrected chi connectivity index (χ2v) is 7.12. The SMILES string of the molecule is CC1=[N+]N([BH-](n2nc(C)ccc2=S)n2nc(C)ccc2=S)C(=S)C=C1. The third-order valence-corrected chi connectivity index (χ3v) is 4.84. The molecule has 6 nitrogen and oxygen atoms in total. The van der Waals surface area contributed by atoms with Gasteiger partial charge in [0, 0.05) is 13.0 Å². The molecule has 0 saturated carbocycles. The molecule has 1 aliphatic rings. The topological polar surface area (TPSA) is 53.0 Å². The summed E-state index contributed by atoms with van der Waals surface area (Å²) in [6.07, 6.45) is 3.72. The van der Waals surface area contributed by atoms with E-state index in [1.54, 1.807) is 14.1 Å². The molecule has 0 atom stereocenters. The lowest BCUT2D eigenvalue weighted by Gasteiger charge is -2.32. The summed E-state index contributed by atoms with van der Waals surface area (Å²) < 4.78 is 4.63. The van der Waals surface area contributed by atoms with Gasteiger partial charge < -0.3 is 9.19 Å². The predicted molar refractivity (Wildman–Crippen MR) is 110 cm³/mol. The monoisotopic (exact) mass is 387 g/mol. The van der Waals surface area contributed by atoms with Gasteiger partial charge in [-0.3, -0.25) is 0 Å². The van der Waals surface area contributed by atoms with Crippen molar-refractivity contribution in [3.05, 3.63) is 57.1 Å². The van der Waals surface area contributed by atoms with E-state index < -0.39 is 7.12 Å². The van der Waals surface area contributed by atoms with E-state index in [9.17, 15) is 0 Å². The fourth-order valence-corrected chi connectivity index (χ4v) is 3.31. The van der Waals surface area contributed by atoms with Crippen LogP contribution >= 0.6 is 36.7 Å². The zero-order valence-electron chi connectivity index (χ0n) is 14.1. The van der Waals surface area contributed by atoms with Crippen LogP contribution in [0.25, 0.3) is 0 Å². The molecule has 2 aromatic heterocycles. The van der Waals surface area contributed by atoms with Gasteiger partial charge in [0.2, 0.25) is 0 Å². The molecular formula is C15H16BN6S3. The lowest BCUT2D eigenvalue weighted by molar-refractivity contribution is 0.549. The van der Waals surface area contributed by atoms with E-state index in [1.807, 2.05) is 57.2 Å². The van der Waals surface area contributed by atoms with Gasteiger partial charge in [-0.25, -0.2) is 15.1 Å². The van der Waals surface area contributed by atoms with Crippen molar-refractivity contribution in [3.8, 4) is 0 Å². The third kappa shape index (κ3) is 3.65. The summed E-state index contributed by atoms with van der Waals surface area (Å²) in [5.41, 5.74) is 2.51. The lowest BCUT2D eigenvalue weighted by Crippen LogP contribution is -2.57. The van der Waals surface area contributed by atoms with E-state index in [0.717, 1.165) is 17.1 Å². The highest BCUT2D eigenvalue weighted by Crippen LogP contribution is 2.08. The highest BCUT2D eigenvalue weighted by atomic mass is 32.1. The van der Waals surface area contributed by atoms with Crippen molar-refractivity contribution in [2.24, 2.45) is 0 Å². The van der Waals surface area contributed by atoms with Crippen molar-refractivity contribution in [2.45, 2.75) is 20.8 Å². The number of aromatic nitrogens is 4. The number of thiocarbonyl (C=S) groups is 1. The average molecular weight is 387 g/mol. The smallest absolute Gasteiger partial charge is 0.378 e. The summed E-state index contributed by atoms with van der Waals surface area (Å²) >= 11 is 16.5. The number of allylic oxidation sites excluding steroid dienone is 1. The summed E-state index contributed by atoms with van der Waals surface area (Å²) in [5.74, 6) is 0. The molecular weight excluding hydrogens is 371 g/mol. The number of hydrazone groups is 1. The minimum atomic E-state index is -1.69. The van der Waals surface area contributed by atoms with E-state index in [2.05, 4.69) is 15.3 Å². The fourth-order valence-electron chi connectivity index (χ4n) is 2.64. The highest BCUT2D eigenvalue weighted by molar-refractivity contribution is 7.80. The van der Waals surface area contributed by atoms with Gasteiger partial charge in [0.25, 0.3) is 5.71 Å². The van der Waals surface area contributed by atoms with E-state index in [1.165, 1.54) is 0 Å². The molecule has 3 rings (SSSR count). The van der Waals surface area contributed by atoms with Crippen LogP contribution in [-0.4, -0.2) is 42.1 Å². The Labute approximate surface area is 161 Å². The fraction of sp³-hybridized carbons (Fsp3) is 0.200. The van der Waals surface area contributed by atoms with Crippen LogP contribution < -0.4 is 5.10 Å². The van der Waals surface area contributed by atoms with E-state index in [-0.39, 0.29) is 0 Å². The van der Waals surface area contributed by atoms with Crippen molar-refractivity contribution in [3.63, 3.8) is 0 Å². The van der Waals surface area contributed by atoms with Crippen LogP contribution in [0.15, 0.2) is 36.4 Å². The molecule has 1 aliphatic heterocycles. The van der Waals surface area contributed by atoms with Crippen molar-refractivity contribution in [2.75, 3.05) is 0 Å². The normalized spacial score (nSPS) is 14.2. The Bertz CT molecular complexity index is 963. The molecule has 2 aromatic rings. The first-order chi connectivity index (χ1) is 11.9. The van der Waals surface area contributed by atoms with E-state index >= 15 is 0 Å². The zero-order chi connectivity index (χ0) is 18.1. The summed E-state index contributed by atoms with van der Waals surface area (Å²) in [7, 11) is -1.69. The molecule has 127 valence electrons. The van der Waals surface area contributed by atoms with Gasteiger partial charge in [-0.15, -0.1) is 0 Å². The molecule has 0 aromatic carbocycles. The average Bonchev–Trinajstić information content (AvgIpc) is 2.57. The predicted octanol–water partition coefficient (Wildman–Crippen LogP) is 2.18. The van der Waals surface area contributed by atoms with Crippen LogP contribution in [0.1, 0.15) is 18.3 Å². The van der Waals surface area contributed by atoms with E-state index in [4.69, 9.17) is 36.7 Å². The van der Waals surface area contributed by atoms with E-state index in [0.29, 0.717) is 14.3 Å². The summed E-state index contributed by atoms with van der Waals surface area (Å²) in [4.78, 5) is 2.32. The van der Waals surface area contributed by atoms with Gasteiger partial charge in [-0.1, -0.05) is 36.7 Å². The number of rotatable bonds is 3. The third-order valence-electron chi connectivity index (χ3n) is 3.80. The Morgan fingerprint density at radius 1 is 0.840 bits per heavy atom. The maximum atomic E-state index is 5.51. The van der Waals surface area contributed by atoms with Crippen LogP contribution in [0.4, 0.5) is 0 Å². The van der Waals surface area contributed by atoms with Crippen LogP contribution in [0.2, 0.25) is 0 Å². The van der Waals surface area contributed by atoms with Gasteiger partial charge in [-0.05, 0) is 44.2 Å². The van der Waals surface area contributed by atoms with Crippen molar-refractivity contribution in [1.82, 2.24) is 29.4 Å². The Morgan fingerprint density at radius 3 is 1.88 bits per heavy atom. The van der Waals surface area contributed by atoms with Crippen LogP contribution in [0.3, 0.4) is 0 Å². The molecule has 0 bridgehead atoms. The molecule has 0 fully saturated rings. The lowest BCUT2D eigenvalue weighted by atomic mass is 9.92. The standard InChI is InChI=1S/C15H16BN6S3/c1-10-4-7-13(23)20(17-10)16(21-14(24)8-5-11(2)18-21)22-15(25)9-6-12(3)19-22/h4-9,16H,1-3H3. The molecule has 0 saturated heterocycles. The number of nitrogens with zero attached hydrogens (tertiary/aromatic N) is 6. The Kier molecular flexibility index (Phi) is 5.02. The first-order valence-electron chi connectivity index (χ1n) is 7.73. The molecule has 10 heteroatoms. The number of aryl methyl sites for hydroxylation is 2. The Balaban J connectivity index is 2.29. The van der Waals surface area contributed by atoms with Gasteiger partial charge in [0.1, 0.15) is 10.1 Å². The number of hydrogen-bond acceptors (Lipinski definition) is 6. The second-order valence-electron chi connectivity index (χ2n) is 5.86. The summed E-state index contributed by atoms with van der Waals surface area (Å²) in [5, 5.41) is 13.8. The maximum absolute atomic E-state index is 5.51. The summed E-state index contributed by atoms with van der Waals surface area (Å²) in [6.45, 7) is 5.73. The molecule has 0 aliphatic carbocycles.